The van der Waals surface area contributed by atoms with Gasteiger partial charge in [0.1, 0.15) is 5.01 Å². The normalized spacial score (nSPS) is 22.9. The van der Waals surface area contributed by atoms with Gasteiger partial charge in [-0.1, -0.05) is 37.3 Å². The molecule has 2 nitrogen and oxygen atoms in total. The van der Waals surface area contributed by atoms with Crippen LogP contribution < -0.4 is 5.73 Å². The molecule has 2 aromatic rings. The Hall–Kier alpha value is -0.490. The van der Waals surface area contributed by atoms with Gasteiger partial charge in [0.05, 0.1) is 15.8 Å². The lowest BCUT2D eigenvalue weighted by molar-refractivity contribution is 0.878. The minimum Gasteiger partial charge on any atom is -0.325 e. The molecule has 3 rings (SSSR count). The molecule has 1 saturated heterocycles. The Kier molecular flexibility index (Phi) is 4.71. The van der Waals surface area contributed by atoms with Crippen LogP contribution in [0.5, 0.6) is 0 Å². The smallest absolute Gasteiger partial charge is 0.108 e. The van der Waals surface area contributed by atoms with Crippen LogP contribution in [0.1, 0.15) is 22.9 Å². The Morgan fingerprint density at radius 3 is 2.65 bits per heavy atom. The average molecular weight is 323 g/mol. The lowest BCUT2D eigenvalue weighted by Crippen LogP contribution is -2.15. The van der Waals surface area contributed by atoms with Crippen molar-refractivity contribution < 1.29 is 0 Å². The number of hydrogen-bond acceptors (Lipinski definition) is 5. The molecule has 2 unspecified atom stereocenters. The highest BCUT2D eigenvalue weighted by atomic mass is 32.2. The number of nitrogens with zero attached hydrogens (tertiary/aromatic N) is 1. The van der Waals surface area contributed by atoms with Crippen molar-refractivity contribution in [2.24, 2.45) is 5.73 Å². The molecule has 1 aliphatic rings. The number of thiazole rings is 1. The molecule has 2 heterocycles. The van der Waals surface area contributed by atoms with E-state index in [0.29, 0.717) is 17.0 Å². The maximum Gasteiger partial charge on any atom is 0.108 e. The van der Waals surface area contributed by atoms with E-state index in [1.807, 2.05) is 29.2 Å². The molecule has 0 spiro atoms. The fraction of sp³-hybridized carbons (Fsp3) is 0.400. The van der Waals surface area contributed by atoms with Gasteiger partial charge in [-0.05, 0) is 5.56 Å². The topological polar surface area (TPSA) is 38.9 Å². The third-order valence-electron chi connectivity index (χ3n) is 3.37. The first-order chi connectivity index (χ1) is 9.79. The third-order valence-corrected chi connectivity index (χ3v) is 7.85. The predicted molar refractivity (Wildman–Crippen MR) is 92.6 cm³/mol. The van der Waals surface area contributed by atoms with Crippen LogP contribution >= 0.6 is 34.9 Å². The molecule has 1 aromatic carbocycles. The Labute approximate surface area is 132 Å². The molecule has 0 amide bonds. The van der Waals surface area contributed by atoms with Crippen molar-refractivity contribution in [3.05, 3.63) is 41.0 Å². The van der Waals surface area contributed by atoms with E-state index in [4.69, 9.17) is 10.7 Å². The highest BCUT2D eigenvalue weighted by Gasteiger charge is 2.28. The lowest BCUT2D eigenvalue weighted by atomic mass is 10.1. The molecular formula is C15H18N2S3. The van der Waals surface area contributed by atoms with Crippen molar-refractivity contribution in [1.82, 2.24) is 4.98 Å². The van der Waals surface area contributed by atoms with Crippen LogP contribution in [0.15, 0.2) is 30.3 Å². The van der Waals surface area contributed by atoms with Gasteiger partial charge >= 0.3 is 0 Å². The molecule has 1 fully saturated rings. The Bertz CT molecular complexity index is 568. The molecule has 20 heavy (non-hydrogen) atoms. The van der Waals surface area contributed by atoms with Crippen molar-refractivity contribution in [2.75, 3.05) is 11.5 Å². The van der Waals surface area contributed by atoms with Crippen molar-refractivity contribution in [3.8, 4) is 10.4 Å². The second kappa shape index (κ2) is 6.52. The molecule has 1 aliphatic heterocycles. The fourth-order valence-corrected chi connectivity index (χ4v) is 6.61. The first-order valence-electron chi connectivity index (χ1n) is 6.78. The van der Waals surface area contributed by atoms with E-state index in [1.54, 1.807) is 0 Å². The van der Waals surface area contributed by atoms with Crippen LogP contribution in [-0.2, 0) is 6.54 Å². The van der Waals surface area contributed by atoms with Crippen molar-refractivity contribution >= 4 is 34.9 Å². The zero-order valence-electron chi connectivity index (χ0n) is 11.4. The zero-order chi connectivity index (χ0) is 13.9. The van der Waals surface area contributed by atoms with Crippen LogP contribution in [0.2, 0.25) is 0 Å². The van der Waals surface area contributed by atoms with Gasteiger partial charge in [0, 0.05) is 23.3 Å². The second-order valence-corrected chi connectivity index (χ2v) is 8.53. The molecule has 5 heteroatoms. The van der Waals surface area contributed by atoms with E-state index in [0.717, 1.165) is 5.69 Å². The van der Waals surface area contributed by atoms with Gasteiger partial charge in [-0.15, -0.1) is 23.1 Å². The molecule has 1 aromatic heterocycles. The summed E-state index contributed by atoms with van der Waals surface area (Å²) in [5.74, 6) is 2.47. The third kappa shape index (κ3) is 2.91. The summed E-state index contributed by atoms with van der Waals surface area (Å²) in [6, 6.07) is 10.5. The zero-order valence-corrected chi connectivity index (χ0v) is 13.9. The van der Waals surface area contributed by atoms with Gasteiger partial charge < -0.3 is 5.73 Å². The van der Waals surface area contributed by atoms with Crippen LogP contribution in [0.4, 0.5) is 0 Å². The number of nitrogens with two attached hydrogens (primary N) is 1. The van der Waals surface area contributed by atoms with E-state index >= 15 is 0 Å². The summed E-state index contributed by atoms with van der Waals surface area (Å²) in [5.41, 5.74) is 8.17. The first-order valence-corrected chi connectivity index (χ1v) is 9.69. The average Bonchev–Trinajstić information content (AvgIpc) is 2.92. The largest absolute Gasteiger partial charge is 0.325 e. The SMILES string of the molecule is CC1SCCSC1c1nc(CN)c(-c2ccccc2)s1. The summed E-state index contributed by atoms with van der Waals surface area (Å²) >= 11 is 5.91. The van der Waals surface area contributed by atoms with E-state index in [-0.39, 0.29) is 0 Å². The van der Waals surface area contributed by atoms with E-state index in [1.165, 1.54) is 27.0 Å². The van der Waals surface area contributed by atoms with E-state index < -0.39 is 0 Å². The monoisotopic (exact) mass is 322 g/mol. The second-order valence-electron chi connectivity index (χ2n) is 4.77. The van der Waals surface area contributed by atoms with Crippen LogP contribution in [0, 0.1) is 0 Å². The molecule has 0 bridgehead atoms. The van der Waals surface area contributed by atoms with Gasteiger partial charge in [0.2, 0.25) is 0 Å². The maximum atomic E-state index is 5.90. The quantitative estimate of drug-likeness (QED) is 0.920. The molecule has 0 radical (unpaired) electrons. The molecule has 0 aliphatic carbocycles. The lowest BCUT2D eigenvalue weighted by Gasteiger charge is -2.25. The predicted octanol–water partition coefficient (Wildman–Crippen LogP) is 4.18. The molecule has 2 N–H and O–H groups in total. The minimum absolute atomic E-state index is 0.514. The Morgan fingerprint density at radius 2 is 1.95 bits per heavy atom. The summed E-state index contributed by atoms with van der Waals surface area (Å²) in [7, 11) is 0. The van der Waals surface area contributed by atoms with E-state index in [9.17, 15) is 0 Å². The molecule has 0 saturated carbocycles. The highest BCUT2D eigenvalue weighted by Crippen LogP contribution is 2.45. The first kappa shape index (κ1) is 14.4. The highest BCUT2D eigenvalue weighted by molar-refractivity contribution is 8.06. The van der Waals surface area contributed by atoms with Gasteiger partial charge in [-0.2, -0.15) is 11.8 Å². The standard InChI is InChI=1S/C15H18N2S3/c1-10-13(19-8-7-18-10)15-17-12(9-16)14(20-15)11-5-3-2-4-6-11/h2-6,10,13H,7-9,16H2,1H3. The molecule has 106 valence electrons. The van der Waals surface area contributed by atoms with Crippen molar-refractivity contribution in [3.63, 3.8) is 0 Å². The fourth-order valence-electron chi connectivity index (χ4n) is 2.35. The van der Waals surface area contributed by atoms with Crippen LogP contribution in [-0.4, -0.2) is 21.7 Å². The summed E-state index contributed by atoms with van der Waals surface area (Å²) in [6.45, 7) is 2.83. The Balaban J connectivity index is 1.96. The summed E-state index contributed by atoms with van der Waals surface area (Å²) in [6.07, 6.45) is 0. The van der Waals surface area contributed by atoms with E-state index in [2.05, 4.69) is 43.0 Å². The Morgan fingerprint density at radius 1 is 1.20 bits per heavy atom. The van der Waals surface area contributed by atoms with Gasteiger partial charge in [-0.3, -0.25) is 0 Å². The molecular weight excluding hydrogens is 304 g/mol. The van der Waals surface area contributed by atoms with Gasteiger partial charge in [-0.25, -0.2) is 4.98 Å². The maximum absolute atomic E-state index is 5.90. The summed E-state index contributed by atoms with van der Waals surface area (Å²) < 4.78 is 0. The number of rotatable bonds is 3. The number of aromatic nitrogens is 1. The van der Waals surface area contributed by atoms with Gasteiger partial charge in [0.25, 0.3) is 0 Å². The van der Waals surface area contributed by atoms with Crippen LogP contribution in [0.3, 0.4) is 0 Å². The van der Waals surface area contributed by atoms with Crippen molar-refractivity contribution in [2.45, 2.75) is 24.0 Å². The summed E-state index contributed by atoms with van der Waals surface area (Å²) in [4.78, 5) is 6.08. The van der Waals surface area contributed by atoms with Gasteiger partial charge in [0.15, 0.2) is 0 Å². The number of thioether (sulfide) groups is 2. The summed E-state index contributed by atoms with van der Waals surface area (Å²) in [5, 5.41) is 2.39. The number of benzene rings is 1. The minimum atomic E-state index is 0.514. The van der Waals surface area contributed by atoms with Crippen molar-refractivity contribution in [1.29, 1.82) is 0 Å². The number of hydrogen-bond donors (Lipinski definition) is 1. The van der Waals surface area contributed by atoms with Crippen LogP contribution in [0.25, 0.3) is 10.4 Å². The molecule has 2 atom stereocenters.